The standard InChI is InChI=1S/C8H13NO4/c1-2-3-11-4-5-12-6-7-13-8(9)10/h1H,3-7H2,(H2,9,10). The van der Waals surface area contributed by atoms with Crippen LogP contribution in [0, 0.1) is 12.3 Å². The molecule has 74 valence electrons. The quantitative estimate of drug-likeness (QED) is 0.440. The van der Waals surface area contributed by atoms with E-state index in [0.29, 0.717) is 19.8 Å². The van der Waals surface area contributed by atoms with Crippen LogP contribution >= 0.6 is 0 Å². The highest BCUT2D eigenvalue weighted by molar-refractivity contribution is 5.64. The van der Waals surface area contributed by atoms with Gasteiger partial charge in [0.2, 0.25) is 0 Å². The van der Waals surface area contributed by atoms with Crippen molar-refractivity contribution in [2.45, 2.75) is 0 Å². The Labute approximate surface area is 77.1 Å². The monoisotopic (exact) mass is 187 g/mol. The van der Waals surface area contributed by atoms with E-state index in [4.69, 9.17) is 21.6 Å². The van der Waals surface area contributed by atoms with Crippen LogP contribution in [0.4, 0.5) is 4.79 Å². The molecular formula is C8H13NO4. The van der Waals surface area contributed by atoms with Crippen molar-refractivity contribution in [3.05, 3.63) is 0 Å². The first-order valence-electron chi connectivity index (χ1n) is 3.78. The average Bonchev–Trinajstić information content (AvgIpc) is 2.09. The molecule has 0 fully saturated rings. The Morgan fingerprint density at radius 3 is 2.46 bits per heavy atom. The highest BCUT2D eigenvalue weighted by atomic mass is 16.6. The third-order valence-electron chi connectivity index (χ3n) is 1.03. The van der Waals surface area contributed by atoms with Gasteiger partial charge in [-0.3, -0.25) is 0 Å². The topological polar surface area (TPSA) is 70.8 Å². The summed E-state index contributed by atoms with van der Waals surface area (Å²) in [6.45, 7) is 1.60. The van der Waals surface area contributed by atoms with Crippen molar-refractivity contribution in [1.29, 1.82) is 0 Å². The Balaban J connectivity index is 2.92. The van der Waals surface area contributed by atoms with Crippen LogP contribution in [-0.2, 0) is 14.2 Å². The molecule has 5 heteroatoms. The second kappa shape index (κ2) is 8.84. The van der Waals surface area contributed by atoms with E-state index < -0.39 is 6.09 Å². The van der Waals surface area contributed by atoms with Gasteiger partial charge in [-0.15, -0.1) is 6.42 Å². The van der Waals surface area contributed by atoms with Crippen molar-refractivity contribution < 1.29 is 19.0 Å². The summed E-state index contributed by atoms with van der Waals surface area (Å²) in [5.74, 6) is 2.32. The molecule has 0 unspecified atom stereocenters. The number of carbonyl (C=O) groups excluding carboxylic acids is 1. The number of terminal acetylenes is 1. The molecule has 0 atom stereocenters. The van der Waals surface area contributed by atoms with Gasteiger partial charge in [0.1, 0.15) is 13.2 Å². The molecule has 0 saturated carbocycles. The van der Waals surface area contributed by atoms with Crippen molar-refractivity contribution >= 4 is 6.09 Å². The van der Waals surface area contributed by atoms with Crippen LogP contribution in [-0.4, -0.2) is 39.1 Å². The normalized spacial score (nSPS) is 9.15. The highest BCUT2D eigenvalue weighted by Crippen LogP contribution is 1.80. The molecule has 0 aliphatic rings. The lowest BCUT2D eigenvalue weighted by Gasteiger charge is -2.03. The summed E-state index contributed by atoms with van der Waals surface area (Å²) in [4.78, 5) is 10.1. The summed E-state index contributed by atoms with van der Waals surface area (Å²) >= 11 is 0. The molecule has 0 spiro atoms. The van der Waals surface area contributed by atoms with Crippen molar-refractivity contribution in [2.75, 3.05) is 33.0 Å². The summed E-state index contributed by atoms with van der Waals surface area (Å²) < 4.78 is 14.3. The number of nitrogens with two attached hydrogens (primary N) is 1. The van der Waals surface area contributed by atoms with Crippen molar-refractivity contribution in [3.8, 4) is 12.3 Å². The number of rotatable bonds is 7. The van der Waals surface area contributed by atoms with Gasteiger partial charge in [0.25, 0.3) is 0 Å². The van der Waals surface area contributed by atoms with Gasteiger partial charge in [-0.25, -0.2) is 4.79 Å². The van der Waals surface area contributed by atoms with Crippen molar-refractivity contribution in [1.82, 2.24) is 0 Å². The number of carbonyl (C=O) groups is 1. The molecular weight excluding hydrogens is 174 g/mol. The van der Waals surface area contributed by atoms with Crippen molar-refractivity contribution in [3.63, 3.8) is 0 Å². The zero-order valence-corrected chi connectivity index (χ0v) is 7.32. The Hall–Kier alpha value is -1.25. The zero-order valence-electron chi connectivity index (χ0n) is 7.32. The van der Waals surface area contributed by atoms with Crippen LogP contribution < -0.4 is 5.73 Å². The average molecular weight is 187 g/mol. The summed E-state index contributed by atoms with van der Waals surface area (Å²) in [7, 11) is 0. The van der Waals surface area contributed by atoms with Crippen molar-refractivity contribution in [2.24, 2.45) is 5.73 Å². The summed E-state index contributed by atoms with van der Waals surface area (Å²) in [6.07, 6.45) is 4.14. The van der Waals surface area contributed by atoms with E-state index in [2.05, 4.69) is 10.7 Å². The number of hydrogen-bond donors (Lipinski definition) is 1. The molecule has 0 aromatic rings. The molecule has 5 nitrogen and oxygen atoms in total. The largest absolute Gasteiger partial charge is 0.447 e. The smallest absolute Gasteiger partial charge is 0.404 e. The second-order valence-corrected chi connectivity index (χ2v) is 2.04. The van der Waals surface area contributed by atoms with E-state index in [1.165, 1.54) is 0 Å². The van der Waals surface area contributed by atoms with Gasteiger partial charge in [-0.1, -0.05) is 5.92 Å². The van der Waals surface area contributed by atoms with Gasteiger partial charge in [0.05, 0.1) is 19.8 Å². The molecule has 0 rings (SSSR count). The Bertz CT molecular complexity index is 175. The molecule has 0 saturated heterocycles. The summed E-state index contributed by atoms with van der Waals surface area (Å²) in [5, 5.41) is 0. The van der Waals surface area contributed by atoms with Crippen LogP contribution in [0.3, 0.4) is 0 Å². The second-order valence-electron chi connectivity index (χ2n) is 2.04. The SMILES string of the molecule is C#CCOCCOCCOC(N)=O. The minimum absolute atomic E-state index is 0.157. The van der Waals surface area contributed by atoms with Gasteiger partial charge < -0.3 is 19.9 Å². The fourth-order valence-electron chi connectivity index (χ4n) is 0.552. The Morgan fingerprint density at radius 2 is 1.85 bits per heavy atom. The molecule has 2 N–H and O–H groups in total. The van der Waals surface area contributed by atoms with Crippen LogP contribution in [0.1, 0.15) is 0 Å². The van der Waals surface area contributed by atoms with Gasteiger partial charge in [-0.2, -0.15) is 0 Å². The Kier molecular flexibility index (Phi) is 7.99. The molecule has 0 bridgehead atoms. The first-order chi connectivity index (χ1) is 6.27. The maximum absolute atomic E-state index is 10.1. The minimum atomic E-state index is -0.799. The van der Waals surface area contributed by atoms with E-state index in [0.717, 1.165) is 0 Å². The van der Waals surface area contributed by atoms with Gasteiger partial charge in [0, 0.05) is 0 Å². The van der Waals surface area contributed by atoms with Crippen LogP contribution in [0.5, 0.6) is 0 Å². The number of primary amides is 1. The molecule has 13 heavy (non-hydrogen) atoms. The van der Waals surface area contributed by atoms with Gasteiger partial charge >= 0.3 is 6.09 Å². The minimum Gasteiger partial charge on any atom is -0.447 e. The van der Waals surface area contributed by atoms with E-state index >= 15 is 0 Å². The van der Waals surface area contributed by atoms with Gasteiger partial charge in [-0.05, 0) is 0 Å². The maximum atomic E-state index is 10.1. The van der Waals surface area contributed by atoms with E-state index in [-0.39, 0.29) is 13.2 Å². The molecule has 0 radical (unpaired) electrons. The third-order valence-corrected chi connectivity index (χ3v) is 1.03. The fraction of sp³-hybridized carbons (Fsp3) is 0.625. The van der Waals surface area contributed by atoms with E-state index in [9.17, 15) is 4.79 Å². The molecule has 0 aromatic heterocycles. The highest BCUT2D eigenvalue weighted by Gasteiger charge is 1.92. The van der Waals surface area contributed by atoms with Crippen LogP contribution in [0.2, 0.25) is 0 Å². The molecule has 0 aliphatic heterocycles. The predicted octanol–water partition coefficient (Wildman–Crippen LogP) is -0.252. The first-order valence-corrected chi connectivity index (χ1v) is 3.78. The molecule has 0 aliphatic carbocycles. The van der Waals surface area contributed by atoms with Gasteiger partial charge in [0.15, 0.2) is 0 Å². The Morgan fingerprint density at radius 1 is 1.23 bits per heavy atom. The summed E-state index contributed by atoms with van der Waals surface area (Å²) in [6, 6.07) is 0. The lowest BCUT2D eigenvalue weighted by atomic mass is 10.7. The predicted molar refractivity (Wildman–Crippen MR) is 46.0 cm³/mol. The lowest BCUT2D eigenvalue weighted by molar-refractivity contribution is 0.0374. The molecule has 1 amide bonds. The number of amides is 1. The maximum Gasteiger partial charge on any atom is 0.404 e. The van der Waals surface area contributed by atoms with Crippen LogP contribution in [0.15, 0.2) is 0 Å². The van der Waals surface area contributed by atoms with Crippen LogP contribution in [0.25, 0.3) is 0 Å². The fourth-order valence-corrected chi connectivity index (χ4v) is 0.552. The van der Waals surface area contributed by atoms with E-state index in [1.807, 2.05) is 0 Å². The summed E-state index contributed by atoms with van der Waals surface area (Å²) in [5.41, 5.74) is 4.71. The van der Waals surface area contributed by atoms with E-state index in [1.54, 1.807) is 0 Å². The lowest BCUT2D eigenvalue weighted by Crippen LogP contribution is -2.17. The zero-order chi connectivity index (χ0) is 9.94. The number of ether oxygens (including phenoxy) is 3. The molecule has 0 heterocycles. The third kappa shape index (κ3) is 10.8. The first kappa shape index (κ1) is 11.8. The number of hydrogen-bond acceptors (Lipinski definition) is 4. The molecule has 0 aromatic carbocycles.